The number of ether oxygens (including phenoxy) is 3. The van der Waals surface area contributed by atoms with Crippen LogP contribution in [0.2, 0.25) is 0 Å². The Kier molecular flexibility index (Phi) is 9.55. The van der Waals surface area contributed by atoms with E-state index < -0.39 is 10.0 Å². The van der Waals surface area contributed by atoms with Gasteiger partial charge in [-0.25, -0.2) is 12.7 Å². The molecular weight excluding hydrogens is 444 g/mol. The van der Waals surface area contributed by atoms with Crippen LogP contribution < -0.4 is 19.5 Å². The van der Waals surface area contributed by atoms with E-state index in [1.807, 2.05) is 39.0 Å². The topological polar surface area (TPSA) is 94.2 Å². The fraction of sp³-hybridized carbons (Fsp3) is 0.458. The van der Waals surface area contributed by atoms with E-state index in [1.165, 1.54) is 27.3 Å². The Morgan fingerprint density at radius 1 is 1.00 bits per heavy atom. The Bertz CT molecular complexity index is 1050. The zero-order valence-electron chi connectivity index (χ0n) is 20.2. The van der Waals surface area contributed by atoms with Crippen LogP contribution in [-0.2, 0) is 21.2 Å². The molecule has 0 radical (unpaired) electrons. The lowest BCUT2D eigenvalue weighted by atomic mass is 10.1. The molecule has 0 bridgehead atoms. The summed E-state index contributed by atoms with van der Waals surface area (Å²) in [5, 5.41) is 2.99. The van der Waals surface area contributed by atoms with E-state index in [-0.39, 0.29) is 23.3 Å². The largest absolute Gasteiger partial charge is 0.496 e. The third kappa shape index (κ3) is 6.85. The summed E-state index contributed by atoms with van der Waals surface area (Å²) >= 11 is 0. The molecule has 0 aliphatic carbocycles. The van der Waals surface area contributed by atoms with Gasteiger partial charge in [0.05, 0.1) is 31.3 Å². The Morgan fingerprint density at radius 3 is 2.24 bits per heavy atom. The van der Waals surface area contributed by atoms with E-state index in [2.05, 4.69) is 5.32 Å². The van der Waals surface area contributed by atoms with Crippen LogP contribution in [0, 0.1) is 0 Å². The molecule has 33 heavy (non-hydrogen) atoms. The van der Waals surface area contributed by atoms with Crippen LogP contribution in [-0.4, -0.2) is 53.0 Å². The summed E-state index contributed by atoms with van der Waals surface area (Å²) in [5.74, 6) is 1.70. The van der Waals surface area contributed by atoms with Crippen molar-refractivity contribution in [1.29, 1.82) is 0 Å². The van der Waals surface area contributed by atoms with Crippen molar-refractivity contribution < 1.29 is 27.4 Å². The lowest BCUT2D eigenvalue weighted by Crippen LogP contribution is -2.27. The molecule has 8 nitrogen and oxygen atoms in total. The standard InChI is InChI=1S/C24H34N2O6S/c1-7-31-22-12-9-18(16-23(22)32-8-2)17(3)25-24(27)14-10-19-15-20(11-13-21(19)30-6)33(28,29)26(4)5/h9,11-13,15-17H,7-8,10,14H2,1-6H3,(H,25,27). The molecule has 182 valence electrons. The first-order valence-corrected chi connectivity index (χ1v) is 12.4. The van der Waals surface area contributed by atoms with E-state index in [9.17, 15) is 13.2 Å². The van der Waals surface area contributed by atoms with Crippen molar-refractivity contribution in [2.75, 3.05) is 34.4 Å². The molecule has 1 amide bonds. The van der Waals surface area contributed by atoms with Crippen LogP contribution in [0.3, 0.4) is 0 Å². The van der Waals surface area contributed by atoms with Crippen molar-refractivity contribution >= 4 is 15.9 Å². The second-order valence-corrected chi connectivity index (χ2v) is 9.77. The average Bonchev–Trinajstić information content (AvgIpc) is 2.78. The highest BCUT2D eigenvalue weighted by atomic mass is 32.2. The first kappa shape index (κ1) is 26.5. The molecule has 0 saturated heterocycles. The number of hydrogen-bond acceptors (Lipinski definition) is 6. The fourth-order valence-corrected chi connectivity index (χ4v) is 4.26. The van der Waals surface area contributed by atoms with Gasteiger partial charge in [-0.1, -0.05) is 6.07 Å². The zero-order chi connectivity index (χ0) is 24.6. The Morgan fingerprint density at radius 2 is 1.64 bits per heavy atom. The summed E-state index contributed by atoms with van der Waals surface area (Å²) in [6.45, 7) is 6.75. The van der Waals surface area contributed by atoms with Gasteiger partial charge in [0.15, 0.2) is 11.5 Å². The van der Waals surface area contributed by atoms with Gasteiger partial charge in [0.2, 0.25) is 15.9 Å². The molecule has 1 atom stereocenters. The molecule has 2 rings (SSSR count). The maximum atomic E-state index is 12.6. The molecule has 0 saturated carbocycles. The smallest absolute Gasteiger partial charge is 0.242 e. The normalized spacial score (nSPS) is 12.3. The molecule has 2 aromatic rings. The summed E-state index contributed by atoms with van der Waals surface area (Å²) in [6.07, 6.45) is 0.521. The van der Waals surface area contributed by atoms with Gasteiger partial charge in [0.25, 0.3) is 0 Å². The molecule has 0 heterocycles. The number of nitrogens with one attached hydrogen (secondary N) is 1. The van der Waals surface area contributed by atoms with Crippen molar-refractivity contribution in [2.24, 2.45) is 0 Å². The minimum Gasteiger partial charge on any atom is -0.496 e. The highest BCUT2D eigenvalue weighted by Gasteiger charge is 2.20. The lowest BCUT2D eigenvalue weighted by molar-refractivity contribution is -0.121. The van der Waals surface area contributed by atoms with E-state index >= 15 is 0 Å². The quantitative estimate of drug-likeness (QED) is 0.501. The molecule has 0 aromatic heterocycles. The highest BCUT2D eigenvalue weighted by Crippen LogP contribution is 2.31. The van der Waals surface area contributed by atoms with Crippen LogP contribution in [0.15, 0.2) is 41.3 Å². The molecule has 0 aliphatic rings. The number of amides is 1. The Balaban J connectivity index is 2.10. The molecule has 1 N–H and O–H groups in total. The number of nitrogens with zero attached hydrogens (tertiary/aromatic N) is 1. The number of rotatable bonds is 12. The molecule has 2 aromatic carbocycles. The van der Waals surface area contributed by atoms with Crippen molar-refractivity contribution in [2.45, 2.75) is 44.6 Å². The monoisotopic (exact) mass is 478 g/mol. The second-order valence-electron chi connectivity index (χ2n) is 7.62. The predicted octanol–water partition coefficient (Wildman–Crippen LogP) is 3.55. The van der Waals surface area contributed by atoms with Crippen molar-refractivity contribution in [1.82, 2.24) is 9.62 Å². The van der Waals surface area contributed by atoms with E-state index in [0.29, 0.717) is 42.4 Å². The van der Waals surface area contributed by atoms with Crippen LogP contribution >= 0.6 is 0 Å². The zero-order valence-corrected chi connectivity index (χ0v) is 21.0. The van der Waals surface area contributed by atoms with Crippen LogP contribution in [0.1, 0.15) is 44.4 Å². The molecule has 0 fully saturated rings. The first-order valence-electron chi connectivity index (χ1n) is 10.9. The van der Waals surface area contributed by atoms with Gasteiger partial charge in [-0.2, -0.15) is 0 Å². The van der Waals surface area contributed by atoms with Gasteiger partial charge < -0.3 is 19.5 Å². The molecule has 1 unspecified atom stereocenters. The minimum atomic E-state index is -3.58. The number of carbonyl (C=O) groups excluding carboxylic acids is 1. The van der Waals surface area contributed by atoms with Crippen molar-refractivity contribution in [3.8, 4) is 17.2 Å². The van der Waals surface area contributed by atoms with Gasteiger partial charge in [0, 0.05) is 20.5 Å². The molecular formula is C24H34N2O6S. The Hall–Kier alpha value is -2.78. The minimum absolute atomic E-state index is 0.155. The molecule has 0 spiro atoms. The number of sulfonamides is 1. The number of benzene rings is 2. The maximum Gasteiger partial charge on any atom is 0.242 e. The van der Waals surface area contributed by atoms with Crippen LogP contribution in [0.5, 0.6) is 17.2 Å². The second kappa shape index (κ2) is 11.9. The van der Waals surface area contributed by atoms with Crippen molar-refractivity contribution in [3.63, 3.8) is 0 Å². The van der Waals surface area contributed by atoms with Crippen LogP contribution in [0.4, 0.5) is 0 Å². The third-order valence-electron chi connectivity index (χ3n) is 5.10. The number of carbonyl (C=O) groups is 1. The molecule has 9 heteroatoms. The first-order chi connectivity index (χ1) is 15.6. The summed E-state index contributed by atoms with van der Waals surface area (Å²) in [5.41, 5.74) is 1.55. The number of aryl methyl sites for hydroxylation is 1. The van der Waals surface area contributed by atoms with Crippen LogP contribution in [0.25, 0.3) is 0 Å². The van der Waals surface area contributed by atoms with E-state index in [4.69, 9.17) is 14.2 Å². The average molecular weight is 479 g/mol. The van der Waals surface area contributed by atoms with Crippen molar-refractivity contribution in [3.05, 3.63) is 47.5 Å². The fourth-order valence-electron chi connectivity index (χ4n) is 3.30. The summed E-state index contributed by atoms with van der Waals surface area (Å²) in [4.78, 5) is 12.8. The Labute approximate surface area is 196 Å². The SMILES string of the molecule is CCOc1ccc(C(C)NC(=O)CCc2cc(S(=O)(=O)N(C)C)ccc2OC)cc1OCC. The van der Waals surface area contributed by atoms with Gasteiger partial charge in [-0.3, -0.25) is 4.79 Å². The predicted molar refractivity (Wildman–Crippen MR) is 128 cm³/mol. The number of methoxy groups -OCH3 is 1. The lowest BCUT2D eigenvalue weighted by Gasteiger charge is -2.18. The number of hydrogen-bond donors (Lipinski definition) is 1. The van der Waals surface area contributed by atoms with Gasteiger partial charge >= 0.3 is 0 Å². The van der Waals surface area contributed by atoms with Gasteiger partial charge in [0.1, 0.15) is 5.75 Å². The third-order valence-corrected chi connectivity index (χ3v) is 6.91. The summed E-state index contributed by atoms with van der Waals surface area (Å²) in [7, 11) is 0.894. The summed E-state index contributed by atoms with van der Waals surface area (Å²) in [6, 6.07) is 10.0. The van der Waals surface area contributed by atoms with E-state index in [0.717, 1.165) is 9.87 Å². The van der Waals surface area contributed by atoms with E-state index in [1.54, 1.807) is 12.1 Å². The highest BCUT2D eigenvalue weighted by molar-refractivity contribution is 7.89. The maximum absolute atomic E-state index is 12.6. The van der Waals surface area contributed by atoms with Gasteiger partial charge in [-0.15, -0.1) is 0 Å². The summed E-state index contributed by atoms with van der Waals surface area (Å²) < 4.78 is 42.7. The van der Waals surface area contributed by atoms with Gasteiger partial charge in [-0.05, 0) is 68.7 Å². The molecule has 0 aliphatic heterocycles.